The summed E-state index contributed by atoms with van der Waals surface area (Å²) >= 11 is 1.63. The van der Waals surface area contributed by atoms with Crippen molar-refractivity contribution in [1.82, 2.24) is 4.98 Å². The molecule has 20 heavy (non-hydrogen) atoms. The molecule has 1 aromatic carbocycles. The number of thiophene rings is 1. The lowest BCUT2D eigenvalue weighted by molar-refractivity contribution is 0.0697. The van der Waals surface area contributed by atoms with Crippen LogP contribution in [-0.2, 0) is 6.42 Å². The van der Waals surface area contributed by atoms with E-state index in [9.17, 15) is 4.79 Å². The third-order valence-electron chi connectivity index (χ3n) is 3.29. The van der Waals surface area contributed by atoms with Gasteiger partial charge in [-0.25, -0.2) is 4.79 Å². The van der Waals surface area contributed by atoms with Crippen LogP contribution in [0.5, 0.6) is 0 Å². The lowest BCUT2D eigenvalue weighted by atomic mass is 10.1. The smallest absolute Gasteiger partial charge is 0.335 e. The van der Waals surface area contributed by atoms with Crippen LogP contribution in [0.3, 0.4) is 0 Å². The first kappa shape index (κ1) is 13.0. The maximum absolute atomic E-state index is 11.1. The van der Waals surface area contributed by atoms with Crippen molar-refractivity contribution in [2.45, 2.75) is 12.8 Å². The fourth-order valence-electron chi connectivity index (χ4n) is 2.34. The molecule has 3 aromatic rings. The van der Waals surface area contributed by atoms with Crippen LogP contribution in [0.25, 0.3) is 21.0 Å². The van der Waals surface area contributed by atoms with Crippen molar-refractivity contribution >= 4 is 38.3 Å². The van der Waals surface area contributed by atoms with Gasteiger partial charge >= 0.3 is 5.97 Å². The van der Waals surface area contributed by atoms with Crippen LogP contribution in [0.4, 0.5) is 0 Å². The molecule has 0 unspecified atom stereocenters. The van der Waals surface area contributed by atoms with E-state index in [-0.39, 0.29) is 12.2 Å². The van der Waals surface area contributed by atoms with Crippen molar-refractivity contribution in [2.75, 3.05) is 6.61 Å². The van der Waals surface area contributed by atoms with Gasteiger partial charge in [0.2, 0.25) is 0 Å². The standard InChI is InChI=1S/C15H13NO3S/c17-6-1-2-12-11-5-7-20-14(11)10-4-3-9(15(18)19)8-13(10)16-12/h3-5,7-8,17H,1-2,6H2,(H,18,19). The number of aliphatic hydroxyl groups is 1. The van der Waals surface area contributed by atoms with Crippen LogP contribution in [0.1, 0.15) is 22.5 Å². The molecule has 0 aliphatic heterocycles. The number of carbonyl (C=O) groups is 1. The highest BCUT2D eigenvalue weighted by atomic mass is 32.1. The van der Waals surface area contributed by atoms with E-state index in [2.05, 4.69) is 4.98 Å². The number of hydrogen-bond acceptors (Lipinski definition) is 4. The Morgan fingerprint density at radius 2 is 2.10 bits per heavy atom. The SMILES string of the molecule is O=C(O)c1ccc2c(c1)nc(CCCO)c1ccsc12. The summed E-state index contributed by atoms with van der Waals surface area (Å²) in [5.41, 5.74) is 1.87. The average molecular weight is 287 g/mol. The normalized spacial score (nSPS) is 11.2. The van der Waals surface area contributed by atoms with Crippen LogP contribution >= 0.6 is 11.3 Å². The van der Waals surface area contributed by atoms with Crippen molar-refractivity contribution in [3.8, 4) is 0 Å². The number of hydrogen-bond donors (Lipinski definition) is 2. The van der Waals surface area contributed by atoms with Crippen molar-refractivity contribution < 1.29 is 15.0 Å². The van der Waals surface area contributed by atoms with E-state index in [1.807, 2.05) is 17.5 Å². The first-order valence-electron chi connectivity index (χ1n) is 6.34. The average Bonchev–Trinajstić information content (AvgIpc) is 2.93. The molecule has 5 heteroatoms. The Balaban J connectivity index is 2.26. The van der Waals surface area contributed by atoms with Crippen LogP contribution in [0, 0.1) is 0 Å². The maximum atomic E-state index is 11.1. The number of pyridine rings is 1. The number of aromatic nitrogens is 1. The van der Waals surface area contributed by atoms with Gasteiger partial charge in [-0.05, 0) is 36.4 Å². The van der Waals surface area contributed by atoms with Gasteiger partial charge in [-0.3, -0.25) is 4.98 Å². The Bertz CT molecular complexity index is 794. The Morgan fingerprint density at radius 3 is 2.85 bits per heavy atom. The largest absolute Gasteiger partial charge is 0.478 e. The summed E-state index contributed by atoms with van der Waals surface area (Å²) in [6, 6.07) is 7.07. The van der Waals surface area contributed by atoms with Gasteiger partial charge in [0.1, 0.15) is 0 Å². The molecule has 0 radical (unpaired) electrons. The molecular weight excluding hydrogens is 274 g/mol. The number of aromatic carboxylic acids is 1. The zero-order valence-electron chi connectivity index (χ0n) is 10.7. The summed E-state index contributed by atoms with van der Waals surface area (Å²) in [7, 11) is 0. The third kappa shape index (κ3) is 2.15. The minimum absolute atomic E-state index is 0.126. The van der Waals surface area contributed by atoms with Crippen LogP contribution in [0.2, 0.25) is 0 Å². The molecule has 0 saturated heterocycles. The minimum atomic E-state index is -0.947. The molecule has 2 aromatic heterocycles. The number of aryl methyl sites for hydroxylation is 1. The molecule has 3 rings (SSSR count). The number of rotatable bonds is 4. The van der Waals surface area contributed by atoms with Gasteiger partial charge in [-0.15, -0.1) is 11.3 Å². The Labute approximate surface area is 119 Å². The number of benzene rings is 1. The molecular formula is C15H13NO3S. The summed E-state index contributed by atoms with van der Waals surface area (Å²) in [4.78, 5) is 15.6. The summed E-state index contributed by atoms with van der Waals surface area (Å²) in [6.45, 7) is 0.126. The fraction of sp³-hybridized carbons (Fsp3) is 0.200. The Hall–Kier alpha value is -1.98. The second-order valence-electron chi connectivity index (χ2n) is 4.59. The predicted octanol–water partition coefficient (Wildman–Crippen LogP) is 3.07. The van der Waals surface area contributed by atoms with Crippen molar-refractivity contribution in [3.05, 3.63) is 40.9 Å². The summed E-state index contributed by atoms with van der Waals surface area (Å²) in [5.74, 6) is -0.947. The van der Waals surface area contributed by atoms with E-state index < -0.39 is 5.97 Å². The highest BCUT2D eigenvalue weighted by Gasteiger charge is 2.11. The van der Waals surface area contributed by atoms with E-state index in [1.165, 1.54) is 0 Å². The molecule has 0 saturated carbocycles. The number of aliphatic hydroxyl groups excluding tert-OH is 1. The maximum Gasteiger partial charge on any atom is 0.335 e. The Kier molecular flexibility index (Phi) is 3.38. The molecule has 4 nitrogen and oxygen atoms in total. The molecule has 0 atom stereocenters. The van der Waals surface area contributed by atoms with Crippen molar-refractivity contribution in [2.24, 2.45) is 0 Å². The summed E-state index contributed by atoms with van der Waals surface area (Å²) in [6.07, 6.45) is 1.35. The first-order valence-corrected chi connectivity index (χ1v) is 7.22. The summed E-state index contributed by atoms with van der Waals surface area (Å²) < 4.78 is 1.12. The molecule has 2 N–H and O–H groups in total. The van der Waals surface area contributed by atoms with Crippen LogP contribution in [-0.4, -0.2) is 27.8 Å². The molecule has 0 spiro atoms. The van der Waals surface area contributed by atoms with Crippen LogP contribution in [0.15, 0.2) is 29.6 Å². The minimum Gasteiger partial charge on any atom is -0.478 e. The van der Waals surface area contributed by atoms with Crippen molar-refractivity contribution in [3.63, 3.8) is 0 Å². The fourth-order valence-corrected chi connectivity index (χ4v) is 3.29. The Morgan fingerprint density at radius 1 is 1.25 bits per heavy atom. The molecule has 0 aliphatic carbocycles. The third-order valence-corrected chi connectivity index (χ3v) is 4.24. The van der Waals surface area contributed by atoms with Crippen LogP contribution < -0.4 is 0 Å². The van der Waals surface area contributed by atoms with Gasteiger partial charge in [-0.2, -0.15) is 0 Å². The number of carboxylic acids is 1. The number of fused-ring (bicyclic) bond motifs is 3. The lowest BCUT2D eigenvalue weighted by Gasteiger charge is -2.06. The zero-order chi connectivity index (χ0) is 14.1. The van der Waals surface area contributed by atoms with Gasteiger partial charge in [-0.1, -0.05) is 6.07 Å². The lowest BCUT2D eigenvalue weighted by Crippen LogP contribution is -1.98. The van der Waals surface area contributed by atoms with E-state index in [4.69, 9.17) is 10.2 Å². The summed E-state index contributed by atoms with van der Waals surface area (Å²) in [5, 5.41) is 22.1. The van der Waals surface area contributed by atoms with E-state index in [0.29, 0.717) is 18.4 Å². The predicted molar refractivity (Wildman–Crippen MR) is 79.5 cm³/mol. The van der Waals surface area contributed by atoms with Crippen molar-refractivity contribution in [1.29, 1.82) is 0 Å². The molecule has 0 aliphatic rings. The quantitative estimate of drug-likeness (QED) is 0.773. The zero-order valence-corrected chi connectivity index (χ0v) is 11.5. The number of nitrogens with zero attached hydrogens (tertiary/aromatic N) is 1. The molecule has 0 bridgehead atoms. The first-order chi connectivity index (χ1) is 9.70. The van der Waals surface area contributed by atoms with E-state index >= 15 is 0 Å². The van der Waals surface area contributed by atoms with Gasteiger partial charge in [0.15, 0.2) is 0 Å². The topological polar surface area (TPSA) is 70.4 Å². The highest BCUT2D eigenvalue weighted by Crippen LogP contribution is 2.31. The van der Waals surface area contributed by atoms with E-state index in [0.717, 1.165) is 21.2 Å². The molecule has 0 amide bonds. The van der Waals surface area contributed by atoms with Gasteiger partial charge in [0, 0.05) is 27.8 Å². The molecule has 0 fully saturated rings. The molecule has 2 heterocycles. The number of carboxylic acid groups (broad SMARTS) is 1. The van der Waals surface area contributed by atoms with E-state index in [1.54, 1.807) is 23.5 Å². The monoisotopic (exact) mass is 287 g/mol. The van der Waals surface area contributed by atoms with Gasteiger partial charge < -0.3 is 10.2 Å². The van der Waals surface area contributed by atoms with Gasteiger partial charge in [0.05, 0.1) is 11.1 Å². The second kappa shape index (κ2) is 5.19. The highest BCUT2D eigenvalue weighted by molar-refractivity contribution is 7.18. The molecule has 102 valence electrons. The van der Waals surface area contributed by atoms with Gasteiger partial charge in [0.25, 0.3) is 0 Å². The second-order valence-corrected chi connectivity index (χ2v) is 5.50.